The van der Waals surface area contributed by atoms with Crippen molar-refractivity contribution in [2.24, 2.45) is 0 Å². The fourth-order valence-corrected chi connectivity index (χ4v) is 13.5. The molecule has 7 aromatic carbocycles. The van der Waals surface area contributed by atoms with Crippen molar-refractivity contribution in [3.05, 3.63) is 194 Å². The Hall–Kier alpha value is -7.62. The van der Waals surface area contributed by atoms with E-state index in [1.54, 1.807) is 6.33 Å². The van der Waals surface area contributed by atoms with Crippen LogP contribution in [0.1, 0.15) is 0 Å². The standard InChI is InChI=1S/C48H32N8Si/c1-3-18-35(19-4-1)57(36-20-5-2-6-21-36,37-22-15-17-34(31-37)53-41-26-11-12-27-42(41)54-39-24-9-7-16-33(39)30-45(53)54)47-50-32-49-46(52-47)56-44-29-14-13-28-43(44)55-40-25-10-8-23-38(40)51-48(55)56/h1-32H. The second-order valence-electron chi connectivity index (χ2n) is 14.4. The Morgan fingerprint density at radius 1 is 0.404 bits per heavy atom. The van der Waals surface area contributed by atoms with Crippen molar-refractivity contribution in [3.8, 4) is 11.6 Å². The van der Waals surface area contributed by atoms with Gasteiger partial charge in [-0.15, -0.1) is 0 Å². The van der Waals surface area contributed by atoms with Crippen molar-refractivity contribution in [1.29, 1.82) is 0 Å². The van der Waals surface area contributed by atoms with Crippen LogP contribution in [0.5, 0.6) is 0 Å². The van der Waals surface area contributed by atoms with E-state index in [2.05, 4.69) is 194 Å². The summed E-state index contributed by atoms with van der Waals surface area (Å²) in [5.74, 6) is 1.28. The number of hydrogen-bond donors (Lipinski definition) is 0. The maximum atomic E-state index is 5.55. The molecule has 0 aliphatic rings. The van der Waals surface area contributed by atoms with Crippen LogP contribution in [0, 0.1) is 0 Å². The van der Waals surface area contributed by atoms with Crippen LogP contribution in [0.3, 0.4) is 0 Å². The van der Waals surface area contributed by atoms with Crippen molar-refractivity contribution in [3.63, 3.8) is 0 Å². The lowest BCUT2D eigenvalue weighted by atomic mass is 10.2. The Balaban J connectivity index is 1.16. The monoisotopic (exact) mass is 748 g/mol. The minimum Gasteiger partial charge on any atom is -0.294 e. The van der Waals surface area contributed by atoms with E-state index in [1.165, 1.54) is 21.3 Å². The first-order valence-electron chi connectivity index (χ1n) is 19.1. The smallest absolute Gasteiger partial charge is 0.239 e. The molecule has 0 N–H and O–H groups in total. The van der Waals surface area contributed by atoms with E-state index in [0.29, 0.717) is 5.95 Å². The van der Waals surface area contributed by atoms with Crippen molar-refractivity contribution in [2.45, 2.75) is 0 Å². The zero-order chi connectivity index (χ0) is 37.5. The van der Waals surface area contributed by atoms with Crippen molar-refractivity contribution < 1.29 is 0 Å². The predicted molar refractivity (Wildman–Crippen MR) is 232 cm³/mol. The fraction of sp³-hybridized carbons (Fsp3) is 0. The number of benzene rings is 7. The first-order chi connectivity index (χ1) is 28.3. The van der Waals surface area contributed by atoms with Gasteiger partial charge in [0.2, 0.25) is 19.8 Å². The van der Waals surface area contributed by atoms with Crippen LogP contribution >= 0.6 is 0 Å². The molecule has 0 unspecified atom stereocenters. The number of rotatable bonds is 6. The average molecular weight is 749 g/mol. The van der Waals surface area contributed by atoms with Gasteiger partial charge in [-0.05, 0) is 76.2 Å². The van der Waals surface area contributed by atoms with Gasteiger partial charge >= 0.3 is 0 Å². The van der Waals surface area contributed by atoms with Gasteiger partial charge in [0.25, 0.3) is 0 Å². The molecule has 0 aliphatic carbocycles. The minimum absolute atomic E-state index is 0.527. The Morgan fingerprint density at radius 2 is 0.982 bits per heavy atom. The molecule has 0 saturated heterocycles. The molecule has 0 aliphatic heterocycles. The van der Waals surface area contributed by atoms with Crippen LogP contribution in [-0.4, -0.2) is 45.9 Å². The second kappa shape index (κ2) is 12.2. The van der Waals surface area contributed by atoms with E-state index in [4.69, 9.17) is 19.9 Å². The quantitative estimate of drug-likeness (QED) is 0.132. The summed E-state index contributed by atoms with van der Waals surface area (Å²) >= 11 is 0. The molecular formula is C48H32N8Si. The summed E-state index contributed by atoms with van der Waals surface area (Å²) in [6.07, 6.45) is 1.68. The summed E-state index contributed by atoms with van der Waals surface area (Å²) in [5.41, 5.74) is 10.4. The molecule has 9 heteroatoms. The Bertz CT molecular complexity index is 3250. The maximum Gasteiger partial charge on any atom is 0.239 e. The Labute approximate surface area is 327 Å². The van der Waals surface area contributed by atoms with Crippen LogP contribution in [0.25, 0.3) is 67.1 Å². The largest absolute Gasteiger partial charge is 0.294 e. The molecule has 12 aromatic rings. The van der Waals surface area contributed by atoms with Crippen molar-refractivity contribution >= 4 is 84.5 Å². The Morgan fingerprint density at radius 3 is 1.72 bits per heavy atom. The highest BCUT2D eigenvalue weighted by Gasteiger charge is 2.45. The molecule has 0 radical (unpaired) electrons. The molecule has 5 aromatic heterocycles. The molecular weight excluding hydrogens is 717 g/mol. The molecule has 0 saturated carbocycles. The summed E-state index contributed by atoms with van der Waals surface area (Å²) in [6.45, 7) is 0. The molecule has 0 fully saturated rings. The SMILES string of the molecule is c1ccc([Si](c2ccccc2)(c2cccc(-n3c4ccccc4n4c5ccccc5cc34)c2)c2ncnc(-n3c4ccccc4n4c5ccccc5nc34)n2)cc1. The first kappa shape index (κ1) is 31.7. The molecule has 5 heterocycles. The predicted octanol–water partition coefficient (Wildman–Crippen LogP) is 7.34. The number of imidazole rings is 3. The van der Waals surface area contributed by atoms with Crippen molar-refractivity contribution in [1.82, 2.24) is 37.9 Å². The highest BCUT2D eigenvalue weighted by molar-refractivity contribution is 7.19. The third-order valence-electron chi connectivity index (χ3n) is 11.4. The number of hydrogen-bond acceptors (Lipinski definition) is 4. The van der Waals surface area contributed by atoms with Gasteiger partial charge in [0.1, 0.15) is 17.4 Å². The fourth-order valence-electron chi connectivity index (χ4n) is 9.06. The van der Waals surface area contributed by atoms with Gasteiger partial charge in [-0.25, -0.2) is 24.5 Å². The van der Waals surface area contributed by atoms with E-state index in [9.17, 15) is 0 Å². The summed E-state index contributed by atoms with van der Waals surface area (Å²) in [6, 6.07) is 66.8. The first-order valence-corrected chi connectivity index (χ1v) is 21.1. The molecule has 0 atom stereocenters. The highest BCUT2D eigenvalue weighted by atomic mass is 28.3. The molecule has 8 nitrogen and oxygen atoms in total. The zero-order valence-electron chi connectivity index (χ0n) is 30.6. The van der Waals surface area contributed by atoms with Crippen LogP contribution < -0.4 is 21.0 Å². The molecule has 12 rings (SSSR count). The number of aromatic nitrogens is 8. The van der Waals surface area contributed by atoms with Gasteiger partial charge < -0.3 is 0 Å². The summed E-state index contributed by atoms with van der Waals surface area (Å²) in [7, 11) is -3.24. The molecule has 0 amide bonds. The topological polar surface area (TPSA) is 70.2 Å². The number of para-hydroxylation sites is 7. The second-order valence-corrected chi connectivity index (χ2v) is 18.1. The van der Waals surface area contributed by atoms with Crippen LogP contribution in [0.2, 0.25) is 0 Å². The van der Waals surface area contributed by atoms with Crippen molar-refractivity contribution in [2.75, 3.05) is 0 Å². The highest BCUT2D eigenvalue weighted by Crippen LogP contribution is 2.32. The number of fused-ring (bicyclic) bond motifs is 10. The lowest BCUT2D eigenvalue weighted by Crippen LogP contribution is -2.76. The minimum atomic E-state index is -3.24. The maximum absolute atomic E-state index is 5.55. The molecule has 268 valence electrons. The molecule has 0 spiro atoms. The van der Waals surface area contributed by atoms with Crippen LogP contribution in [-0.2, 0) is 0 Å². The van der Waals surface area contributed by atoms with Gasteiger partial charge in [-0.3, -0.25) is 13.4 Å². The van der Waals surface area contributed by atoms with Gasteiger partial charge in [-0.1, -0.05) is 127 Å². The van der Waals surface area contributed by atoms with E-state index < -0.39 is 8.07 Å². The molecule has 57 heavy (non-hydrogen) atoms. The normalized spacial score (nSPS) is 12.2. The van der Waals surface area contributed by atoms with E-state index in [-0.39, 0.29) is 0 Å². The lowest BCUT2D eigenvalue weighted by Gasteiger charge is -2.32. The van der Waals surface area contributed by atoms with Crippen LogP contribution in [0.4, 0.5) is 0 Å². The van der Waals surface area contributed by atoms with Gasteiger partial charge in [0.05, 0.1) is 38.6 Å². The van der Waals surface area contributed by atoms with Gasteiger partial charge in [0.15, 0.2) is 0 Å². The van der Waals surface area contributed by atoms with Crippen LogP contribution in [0.15, 0.2) is 194 Å². The third kappa shape index (κ3) is 4.48. The zero-order valence-corrected chi connectivity index (χ0v) is 31.6. The van der Waals surface area contributed by atoms with E-state index in [1.807, 2.05) is 12.1 Å². The summed E-state index contributed by atoms with van der Waals surface area (Å²) in [4.78, 5) is 20.7. The van der Waals surface area contributed by atoms with E-state index >= 15 is 0 Å². The van der Waals surface area contributed by atoms with Gasteiger partial charge in [-0.2, -0.15) is 0 Å². The third-order valence-corrected chi connectivity index (χ3v) is 15.9. The molecule has 0 bridgehead atoms. The van der Waals surface area contributed by atoms with Gasteiger partial charge in [0, 0.05) is 11.1 Å². The number of nitrogens with zero attached hydrogens (tertiary/aromatic N) is 8. The summed E-state index contributed by atoms with van der Waals surface area (Å²) < 4.78 is 9.03. The van der Waals surface area contributed by atoms with E-state index in [0.717, 1.165) is 60.8 Å². The Kier molecular flexibility index (Phi) is 6.78. The summed E-state index contributed by atoms with van der Waals surface area (Å²) in [5, 5.41) is 4.72. The average Bonchev–Trinajstić information content (AvgIpc) is 4.01. The lowest BCUT2D eigenvalue weighted by molar-refractivity contribution is 0.943.